The van der Waals surface area contributed by atoms with Crippen molar-refractivity contribution >= 4 is 0 Å². The van der Waals surface area contributed by atoms with Crippen LogP contribution in [-0.4, -0.2) is 12.2 Å². The summed E-state index contributed by atoms with van der Waals surface area (Å²) in [7, 11) is 1.20. The third-order valence-electron chi connectivity index (χ3n) is 1.61. The van der Waals surface area contributed by atoms with Gasteiger partial charge < -0.3 is 9.84 Å². The number of rotatable bonds is 1. The largest absolute Gasteiger partial charge is 0.507 e. The number of hydrogen-bond donors (Lipinski definition) is 1. The number of hydrogen-bond acceptors (Lipinski definition) is 2. The van der Waals surface area contributed by atoms with Crippen LogP contribution in [0.4, 0.5) is 8.78 Å². The molecule has 0 amide bonds. The molecule has 0 aliphatic rings. The van der Waals surface area contributed by atoms with E-state index in [2.05, 4.69) is 4.74 Å². The normalized spacial score (nSPS) is 10.0. The van der Waals surface area contributed by atoms with E-state index in [0.29, 0.717) is 0 Å². The first kappa shape index (κ1) is 8.77. The maximum Gasteiger partial charge on any atom is 0.201 e. The van der Waals surface area contributed by atoms with E-state index in [9.17, 15) is 8.78 Å². The van der Waals surface area contributed by atoms with E-state index in [1.807, 2.05) is 0 Å². The van der Waals surface area contributed by atoms with E-state index in [1.165, 1.54) is 14.0 Å². The van der Waals surface area contributed by atoms with Crippen molar-refractivity contribution in [1.82, 2.24) is 0 Å². The topological polar surface area (TPSA) is 29.5 Å². The molecule has 0 fully saturated rings. The zero-order chi connectivity index (χ0) is 9.30. The summed E-state index contributed by atoms with van der Waals surface area (Å²) in [6.45, 7) is 1.28. The highest BCUT2D eigenvalue weighted by atomic mass is 19.2. The van der Waals surface area contributed by atoms with E-state index >= 15 is 0 Å². The molecule has 2 nitrogen and oxygen atoms in total. The van der Waals surface area contributed by atoms with Gasteiger partial charge in [0, 0.05) is 11.6 Å². The first-order valence-corrected chi connectivity index (χ1v) is 3.29. The molecule has 0 radical (unpaired) electrons. The molecule has 0 aliphatic carbocycles. The molecule has 1 rings (SSSR count). The van der Waals surface area contributed by atoms with E-state index in [0.717, 1.165) is 6.07 Å². The van der Waals surface area contributed by atoms with Gasteiger partial charge in [-0.2, -0.15) is 4.39 Å². The molecule has 0 aromatic heterocycles. The summed E-state index contributed by atoms with van der Waals surface area (Å²) in [5.74, 6) is -2.76. The number of methoxy groups -OCH3 is 1. The Balaban J connectivity index is 3.39. The van der Waals surface area contributed by atoms with Gasteiger partial charge in [0.25, 0.3) is 0 Å². The van der Waals surface area contributed by atoms with Crippen LogP contribution in [0.5, 0.6) is 11.5 Å². The van der Waals surface area contributed by atoms with Gasteiger partial charge in [-0.25, -0.2) is 4.39 Å². The number of aromatic hydroxyl groups is 1. The fraction of sp³-hybridized carbons (Fsp3) is 0.250. The first-order chi connectivity index (χ1) is 5.57. The lowest BCUT2D eigenvalue weighted by Crippen LogP contribution is -1.94. The number of benzene rings is 1. The molecule has 0 atom stereocenters. The highest BCUT2D eigenvalue weighted by molar-refractivity contribution is 5.41. The summed E-state index contributed by atoms with van der Waals surface area (Å²) in [6.07, 6.45) is 0. The van der Waals surface area contributed by atoms with Gasteiger partial charge >= 0.3 is 0 Å². The molecule has 1 aromatic rings. The van der Waals surface area contributed by atoms with Gasteiger partial charge in [-0.1, -0.05) is 0 Å². The molecule has 1 aromatic carbocycles. The van der Waals surface area contributed by atoms with Crippen molar-refractivity contribution in [3.8, 4) is 11.5 Å². The molecule has 0 unspecified atom stereocenters. The molecule has 0 aliphatic heterocycles. The van der Waals surface area contributed by atoms with Crippen LogP contribution in [0.3, 0.4) is 0 Å². The van der Waals surface area contributed by atoms with Gasteiger partial charge in [-0.3, -0.25) is 0 Å². The highest BCUT2D eigenvalue weighted by Gasteiger charge is 2.15. The second-order valence-corrected chi connectivity index (χ2v) is 2.35. The Kier molecular flexibility index (Phi) is 2.17. The zero-order valence-electron chi connectivity index (χ0n) is 6.69. The molecule has 0 saturated heterocycles. The number of halogens is 2. The predicted molar refractivity (Wildman–Crippen MR) is 39.3 cm³/mol. The van der Waals surface area contributed by atoms with Crippen molar-refractivity contribution in [3.63, 3.8) is 0 Å². The second kappa shape index (κ2) is 2.97. The van der Waals surface area contributed by atoms with Crippen LogP contribution in [-0.2, 0) is 0 Å². The molecule has 0 spiro atoms. The van der Waals surface area contributed by atoms with E-state index in [-0.39, 0.29) is 17.1 Å². The molecule has 0 heterocycles. The van der Waals surface area contributed by atoms with Crippen molar-refractivity contribution in [2.24, 2.45) is 0 Å². The van der Waals surface area contributed by atoms with E-state index in [1.54, 1.807) is 0 Å². The van der Waals surface area contributed by atoms with Gasteiger partial charge in [-0.15, -0.1) is 0 Å². The maximum atomic E-state index is 12.8. The molecule has 0 saturated carbocycles. The summed E-state index contributed by atoms with van der Waals surface area (Å²) < 4.78 is 30.1. The van der Waals surface area contributed by atoms with Gasteiger partial charge in [0.15, 0.2) is 11.6 Å². The lowest BCUT2D eigenvalue weighted by atomic mass is 10.2. The summed E-state index contributed by atoms with van der Waals surface area (Å²) in [6, 6.07) is 1.04. The predicted octanol–water partition coefficient (Wildman–Crippen LogP) is 1.99. The van der Waals surface area contributed by atoms with Crippen LogP contribution >= 0.6 is 0 Å². The van der Waals surface area contributed by atoms with Crippen LogP contribution < -0.4 is 4.74 Å². The van der Waals surface area contributed by atoms with Crippen molar-refractivity contribution in [2.75, 3.05) is 7.11 Å². The first-order valence-electron chi connectivity index (χ1n) is 3.29. The van der Waals surface area contributed by atoms with Gasteiger partial charge in [0.05, 0.1) is 7.11 Å². The molecule has 1 N–H and O–H groups in total. The third kappa shape index (κ3) is 1.20. The average molecular weight is 174 g/mol. The summed E-state index contributed by atoms with van der Waals surface area (Å²) in [4.78, 5) is 0. The molecular weight excluding hydrogens is 166 g/mol. The maximum absolute atomic E-state index is 12.8. The second-order valence-electron chi connectivity index (χ2n) is 2.35. The van der Waals surface area contributed by atoms with E-state index in [4.69, 9.17) is 5.11 Å². The minimum atomic E-state index is -1.08. The van der Waals surface area contributed by atoms with Crippen LogP contribution in [0, 0.1) is 18.6 Å². The Morgan fingerprint density at radius 2 is 1.92 bits per heavy atom. The Morgan fingerprint density at radius 1 is 1.33 bits per heavy atom. The van der Waals surface area contributed by atoms with Crippen LogP contribution in [0.25, 0.3) is 0 Å². The smallest absolute Gasteiger partial charge is 0.201 e. The Labute approximate surface area is 68.4 Å². The number of phenolic OH excluding ortho intramolecular Hbond substituents is 1. The minimum absolute atomic E-state index is 0.117. The molecule has 0 bridgehead atoms. The van der Waals surface area contributed by atoms with Crippen LogP contribution in [0.15, 0.2) is 6.07 Å². The molecular formula is C8H8F2O2. The summed E-state index contributed by atoms with van der Waals surface area (Å²) >= 11 is 0. The van der Waals surface area contributed by atoms with Gasteiger partial charge in [0.2, 0.25) is 5.82 Å². The van der Waals surface area contributed by atoms with Crippen molar-refractivity contribution < 1.29 is 18.6 Å². The third-order valence-corrected chi connectivity index (χ3v) is 1.61. The monoisotopic (exact) mass is 174 g/mol. The SMILES string of the molecule is COc1cc(O)c(C)c(F)c1F. The van der Waals surface area contributed by atoms with Crippen molar-refractivity contribution in [3.05, 3.63) is 23.3 Å². The fourth-order valence-electron chi connectivity index (χ4n) is 0.830. The Bertz CT molecular complexity index is 310. The Hall–Kier alpha value is -1.32. The van der Waals surface area contributed by atoms with Crippen LogP contribution in [0.2, 0.25) is 0 Å². The standard InChI is InChI=1S/C8H8F2O2/c1-4-5(11)3-6(12-2)8(10)7(4)9/h3,11H,1-2H3. The number of ether oxygens (including phenoxy) is 1. The van der Waals surface area contributed by atoms with Crippen molar-refractivity contribution in [1.29, 1.82) is 0 Å². The summed E-state index contributed by atoms with van der Waals surface area (Å²) in [5, 5.41) is 9.05. The molecule has 12 heavy (non-hydrogen) atoms. The molecule has 66 valence electrons. The lowest BCUT2D eigenvalue weighted by Gasteiger charge is -2.06. The highest BCUT2D eigenvalue weighted by Crippen LogP contribution is 2.29. The summed E-state index contributed by atoms with van der Waals surface area (Å²) in [5.41, 5.74) is -0.117. The van der Waals surface area contributed by atoms with Crippen LogP contribution in [0.1, 0.15) is 5.56 Å². The van der Waals surface area contributed by atoms with Crippen molar-refractivity contribution in [2.45, 2.75) is 6.92 Å². The zero-order valence-corrected chi connectivity index (χ0v) is 6.69. The average Bonchev–Trinajstić information content (AvgIpc) is 2.08. The Morgan fingerprint density at radius 3 is 2.42 bits per heavy atom. The van der Waals surface area contributed by atoms with E-state index < -0.39 is 11.6 Å². The number of phenols is 1. The molecule has 4 heteroatoms. The quantitative estimate of drug-likeness (QED) is 0.705. The van der Waals surface area contributed by atoms with Gasteiger partial charge in [0.1, 0.15) is 5.75 Å². The van der Waals surface area contributed by atoms with Gasteiger partial charge in [-0.05, 0) is 6.92 Å². The lowest BCUT2D eigenvalue weighted by molar-refractivity contribution is 0.362. The minimum Gasteiger partial charge on any atom is -0.507 e. The fourth-order valence-corrected chi connectivity index (χ4v) is 0.830.